The van der Waals surface area contributed by atoms with Crippen molar-refractivity contribution in [2.45, 2.75) is 17.7 Å². The fraction of sp³-hybridized carbons (Fsp3) is 0.296. The molecule has 36 heavy (non-hydrogen) atoms. The van der Waals surface area contributed by atoms with E-state index in [0.29, 0.717) is 51.8 Å². The van der Waals surface area contributed by atoms with E-state index in [1.54, 1.807) is 62.9 Å². The Balaban J connectivity index is 1.63. The van der Waals surface area contributed by atoms with E-state index in [1.165, 1.54) is 3.97 Å². The van der Waals surface area contributed by atoms with Crippen molar-refractivity contribution in [2.24, 2.45) is 0 Å². The van der Waals surface area contributed by atoms with E-state index in [4.69, 9.17) is 9.47 Å². The van der Waals surface area contributed by atoms with E-state index in [9.17, 15) is 13.2 Å². The lowest BCUT2D eigenvalue weighted by Gasteiger charge is -2.19. The zero-order valence-electron chi connectivity index (χ0n) is 20.4. The van der Waals surface area contributed by atoms with Crippen LogP contribution in [0.2, 0.25) is 0 Å². The summed E-state index contributed by atoms with van der Waals surface area (Å²) in [6.07, 6.45) is 2.57. The first kappa shape index (κ1) is 24.1. The molecule has 5 rings (SSSR count). The third-order valence-corrected chi connectivity index (χ3v) is 8.43. The maximum Gasteiger partial charge on any atom is 0.268 e. The number of benzene rings is 3. The standard InChI is InChI=1S/C27H29N3O5S/c1-34-20-8-9-24-23(17-20)19(16-27(31)29-14-5-12-28-13-15-29)18-30(24)36(32,33)26-11-10-25(35-2)21-6-3-4-7-22(21)26/h3-4,6-11,17-18,28H,5,12-16H2,1-2H3. The lowest BCUT2D eigenvalue weighted by Crippen LogP contribution is -2.35. The molecule has 0 unspecified atom stereocenters. The molecular formula is C27H29N3O5S. The lowest BCUT2D eigenvalue weighted by molar-refractivity contribution is -0.130. The molecule has 1 aromatic heterocycles. The summed E-state index contributed by atoms with van der Waals surface area (Å²) in [6.45, 7) is 2.95. The Labute approximate surface area is 210 Å². The van der Waals surface area contributed by atoms with Crippen LogP contribution in [0.25, 0.3) is 21.7 Å². The maximum atomic E-state index is 14.0. The van der Waals surface area contributed by atoms with Crippen molar-refractivity contribution in [1.29, 1.82) is 0 Å². The minimum absolute atomic E-state index is 0.0205. The summed E-state index contributed by atoms with van der Waals surface area (Å²) < 4.78 is 40.2. The Hall–Kier alpha value is -3.56. The zero-order chi connectivity index (χ0) is 25.3. The van der Waals surface area contributed by atoms with Crippen molar-refractivity contribution in [3.63, 3.8) is 0 Å². The monoisotopic (exact) mass is 507 g/mol. The van der Waals surface area contributed by atoms with Gasteiger partial charge in [0.1, 0.15) is 11.5 Å². The van der Waals surface area contributed by atoms with Gasteiger partial charge in [0.15, 0.2) is 0 Å². The van der Waals surface area contributed by atoms with Gasteiger partial charge in [0.2, 0.25) is 5.91 Å². The molecule has 2 heterocycles. The molecule has 4 aromatic rings. The Kier molecular flexibility index (Phi) is 6.59. The van der Waals surface area contributed by atoms with Gasteiger partial charge in [-0.1, -0.05) is 24.3 Å². The lowest BCUT2D eigenvalue weighted by atomic mass is 10.1. The van der Waals surface area contributed by atoms with Crippen molar-refractivity contribution < 1.29 is 22.7 Å². The topological polar surface area (TPSA) is 89.9 Å². The summed E-state index contributed by atoms with van der Waals surface area (Å²) in [5, 5.41) is 5.26. The average Bonchev–Trinajstić information content (AvgIpc) is 3.06. The average molecular weight is 508 g/mol. The highest BCUT2D eigenvalue weighted by molar-refractivity contribution is 7.90. The van der Waals surface area contributed by atoms with Crippen LogP contribution in [0.4, 0.5) is 0 Å². The zero-order valence-corrected chi connectivity index (χ0v) is 21.2. The molecular weight excluding hydrogens is 478 g/mol. The van der Waals surface area contributed by atoms with Crippen LogP contribution < -0.4 is 14.8 Å². The second-order valence-electron chi connectivity index (χ2n) is 8.81. The molecule has 1 saturated heterocycles. The second kappa shape index (κ2) is 9.83. The molecule has 0 atom stereocenters. The van der Waals surface area contributed by atoms with Gasteiger partial charge in [-0.15, -0.1) is 0 Å². The Morgan fingerprint density at radius 3 is 2.53 bits per heavy atom. The van der Waals surface area contributed by atoms with E-state index in [1.807, 2.05) is 17.0 Å². The number of carbonyl (C=O) groups excluding carboxylic acids is 1. The van der Waals surface area contributed by atoms with E-state index >= 15 is 0 Å². The van der Waals surface area contributed by atoms with E-state index in [2.05, 4.69) is 5.32 Å². The molecule has 1 fully saturated rings. The van der Waals surface area contributed by atoms with Gasteiger partial charge in [0, 0.05) is 42.0 Å². The smallest absolute Gasteiger partial charge is 0.268 e. The predicted molar refractivity (Wildman–Crippen MR) is 139 cm³/mol. The SMILES string of the molecule is COc1ccc2c(c1)c(CC(=O)N1CCCNCC1)cn2S(=O)(=O)c1ccc(OC)c2ccccc12. The molecule has 1 aliphatic heterocycles. The first-order valence-corrected chi connectivity index (χ1v) is 13.4. The van der Waals surface area contributed by atoms with Gasteiger partial charge >= 0.3 is 0 Å². The predicted octanol–water partition coefficient (Wildman–Crippen LogP) is 3.41. The number of carbonyl (C=O) groups is 1. The number of fused-ring (bicyclic) bond motifs is 2. The van der Waals surface area contributed by atoms with Crippen molar-refractivity contribution in [3.8, 4) is 11.5 Å². The molecule has 0 radical (unpaired) electrons. The molecule has 0 aliphatic carbocycles. The summed E-state index contributed by atoms with van der Waals surface area (Å²) in [4.78, 5) is 15.2. The van der Waals surface area contributed by atoms with Gasteiger partial charge in [0.05, 0.1) is 31.1 Å². The number of methoxy groups -OCH3 is 2. The molecule has 188 valence electrons. The van der Waals surface area contributed by atoms with Crippen LogP contribution >= 0.6 is 0 Å². The maximum absolute atomic E-state index is 14.0. The number of hydrogen-bond acceptors (Lipinski definition) is 6. The van der Waals surface area contributed by atoms with Gasteiger partial charge < -0.3 is 19.7 Å². The minimum Gasteiger partial charge on any atom is -0.497 e. The highest BCUT2D eigenvalue weighted by Crippen LogP contribution is 2.35. The van der Waals surface area contributed by atoms with Crippen molar-refractivity contribution in [1.82, 2.24) is 14.2 Å². The Bertz CT molecular complexity index is 1540. The van der Waals surface area contributed by atoms with Crippen LogP contribution in [0, 0.1) is 0 Å². The highest BCUT2D eigenvalue weighted by Gasteiger charge is 2.26. The van der Waals surface area contributed by atoms with E-state index in [-0.39, 0.29) is 17.2 Å². The summed E-state index contributed by atoms with van der Waals surface area (Å²) in [5.74, 6) is 1.18. The van der Waals surface area contributed by atoms with Gasteiger partial charge in [-0.25, -0.2) is 12.4 Å². The van der Waals surface area contributed by atoms with Crippen molar-refractivity contribution >= 4 is 37.6 Å². The van der Waals surface area contributed by atoms with E-state index in [0.717, 1.165) is 19.5 Å². The number of nitrogens with zero attached hydrogens (tertiary/aromatic N) is 2. The second-order valence-corrected chi connectivity index (χ2v) is 10.6. The molecule has 3 aromatic carbocycles. The molecule has 1 N–H and O–H groups in total. The van der Waals surface area contributed by atoms with Gasteiger partial charge in [-0.3, -0.25) is 4.79 Å². The third-order valence-electron chi connectivity index (χ3n) is 6.70. The number of rotatable bonds is 6. The van der Waals surface area contributed by atoms with Gasteiger partial charge in [-0.05, 0) is 48.9 Å². The van der Waals surface area contributed by atoms with Gasteiger partial charge in [-0.2, -0.15) is 0 Å². The Morgan fingerprint density at radius 2 is 1.75 bits per heavy atom. The molecule has 1 amide bonds. The van der Waals surface area contributed by atoms with Crippen LogP contribution in [0.5, 0.6) is 11.5 Å². The number of ether oxygens (including phenoxy) is 2. The first-order chi connectivity index (χ1) is 17.4. The fourth-order valence-electron chi connectivity index (χ4n) is 4.83. The molecule has 0 saturated carbocycles. The summed E-state index contributed by atoms with van der Waals surface area (Å²) in [5.41, 5.74) is 1.14. The molecule has 9 heteroatoms. The normalized spacial score (nSPS) is 14.7. The van der Waals surface area contributed by atoms with Crippen LogP contribution in [-0.4, -0.2) is 63.6 Å². The third kappa shape index (κ3) is 4.29. The minimum atomic E-state index is -4.00. The molecule has 0 bridgehead atoms. The van der Waals surface area contributed by atoms with Gasteiger partial charge in [0.25, 0.3) is 10.0 Å². The highest BCUT2D eigenvalue weighted by atomic mass is 32.2. The molecule has 1 aliphatic rings. The largest absolute Gasteiger partial charge is 0.497 e. The number of hydrogen-bond donors (Lipinski definition) is 1. The molecule has 8 nitrogen and oxygen atoms in total. The fourth-order valence-corrected chi connectivity index (χ4v) is 6.43. The van der Waals surface area contributed by atoms with Crippen LogP contribution in [0.1, 0.15) is 12.0 Å². The van der Waals surface area contributed by atoms with Crippen LogP contribution in [0.15, 0.2) is 65.7 Å². The van der Waals surface area contributed by atoms with Crippen molar-refractivity contribution in [2.75, 3.05) is 40.4 Å². The van der Waals surface area contributed by atoms with Crippen LogP contribution in [0.3, 0.4) is 0 Å². The van der Waals surface area contributed by atoms with Crippen LogP contribution in [-0.2, 0) is 21.2 Å². The number of amides is 1. The van der Waals surface area contributed by atoms with E-state index < -0.39 is 10.0 Å². The van der Waals surface area contributed by atoms with Crippen molar-refractivity contribution in [3.05, 3.63) is 66.4 Å². The summed E-state index contributed by atoms with van der Waals surface area (Å²) >= 11 is 0. The summed E-state index contributed by atoms with van der Waals surface area (Å²) in [7, 11) is -0.872. The molecule has 0 spiro atoms. The first-order valence-electron chi connectivity index (χ1n) is 11.9. The number of nitrogens with one attached hydrogen (secondary N) is 1. The summed E-state index contributed by atoms with van der Waals surface area (Å²) in [6, 6.07) is 15.8. The number of aromatic nitrogens is 1. The quantitative estimate of drug-likeness (QED) is 0.430. The Morgan fingerprint density at radius 1 is 0.944 bits per heavy atom.